The lowest BCUT2D eigenvalue weighted by Gasteiger charge is -2.32. The number of allylic oxidation sites excluding steroid dienone is 1. The van der Waals surface area contributed by atoms with Gasteiger partial charge in [-0.25, -0.2) is 9.59 Å². The summed E-state index contributed by atoms with van der Waals surface area (Å²) in [6, 6.07) is 0. The highest BCUT2D eigenvalue weighted by Crippen LogP contribution is 2.16. The Morgan fingerprint density at radius 3 is 2.50 bits per heavy atom. The van der Waals surface area contributed by atoms with E-state index in [1.54, 1.807) is 6.20 Å². The molecule has 8 heteroatoms. The largest absolute Gasteiger partial charge is 0.466 e. The third-order valence-electron chi connectivity index (χ3n) is 3.22. The molecule has 0 saturated heterocycles. The summed E-state index contributed by atoms with van der Waals surface area (Å²) >= 11 is 0. The molecular formula is C16H24N2O5Si. The molecule has 7 nitrogen and oxygen atoms in total. The van der Waals surface area contributed by atoms with E-state index >= 15 is 0 Å². The van der Waals surface area contributed by atoms with Crippen molar-refractivity contribution in [2.75, 3.05) is 20.8 Å². The van der Waals surface area contributed by atoms with Gasteiger partial charge in [0.25, 0.3) is 0 Å². The van der Waals surface area contributed by atoms with Gasteiger partial charge in [-0.3, -0.25) is 10.1 Å². The third-order valence-corrected chi connectivity index (χ3v) is 4.10. The Balaban J connectivity index is 3.32. The molecule has 1 rings (SSSR count). The molecule has 2 amide bonds. The molecule has 1 aliphatic heterocycles. The predicted molar refractivity (Wildman–Crippen MR) is 91.5 cm³/mol. The van der Waals surface area contributed by atoms with E-state index in [2.05, 4.69) is 21.5 Å². The number of alkyl carbamates (subject to hydrolysis) is 1. The molecule has 1 aliphatic rings. The highest BCUT2D eigenvalue weighted by molar-refractivity contribution is 6.83. The second-order valence-corrected chi connectivity index (χ2v) is 11.2. The maximum Gasteiger partial charge on any atom is 0.408 e. The molecule has 0 spiro atoms. The number of rotatable bonds is 4. The van der Waals surface area contributed by atoms with E-state index in [1.807, 2.05) is 25.7 Å². The molecule has 1 N–H and O–H groups in total. The number of hydrogen-bond acceptors (Lipinski definition) is 5. The van der Waals surface area contributed by atoms with E-state index < -0.39 is 25.7 Å². The summed E-state index contributed by atoms with van der Waals surface area (Å²) in [5.41, 5.74) is 1.39. The minimum Gasteiger partial charge on any atom is -0.466 e. The van der Waals surface area contributed by atoms with Gasteiger partial charge in [-0.1, -0.05) is 31.6 Å². The second kappa shape index (κ2) is 8.01. The van der Waals surface area contributed by atoms with Crippen LogP contribution in [-0.4, -0.2) is 57.2 Å². The van der Waals surface area contributed by atoms with Gasteiger partial charge in [0.2, 0.25) is 11.4 Å². The first-order valence-corrected chi connectivity index (χ1v) is 11.1. The van der Waals surface area contributed by atoms with Crippen LogP contribution in [0.4, 0.5) is 4.79 Å². The molecule has 0 aliphatic carbocycles. The molecule has 0 aromatic carbocycles. The summed E-state index contributed by atoms with van der Waals surface area (Å²) < 4.78 is 9.46. The standard InChI is InChI=1S/C16H24N2O5Si/c1-22-14(20)16(17-15(21)23-2,9-11-24(3,4)5)12-18-10-7-6-8-13(18)19/h7,10H,6,8,12H2,1-5H3,(H,17,21). The van der Waals surface area contributed by atoms with Crippen LogP contribution in [0.2, 0.25) is 19.6 Å². The molecule has 0 bridgehead atoms. The number of ether oxygens (including phenoxy) is 2. The van der Waals surface area contributed by atoms with Gasteiger partial charge >= 0.3 is 12.1 Å². The van der Waals surface area contributed by atoms with Crippen LogP contribution >= 0.6 is 0 Å². The van der Waals surface area contributed by atoms with Crippen molar-refractivity contribution in [3.8, 4) is 11.5 Å². The number of carbonyl (C=O) groups excluding carboxylic acids is 3. The van der Waals surface area contributed by atoms with E-state index in [0.717, 1.165) is 0 Å². The molecule has 0 aromatic rings. The molecule has 1 atom stereocenters. The van der Waals surface area contributed by atoms with Gasteiger partial charge in [0, 0.05) is 12.6 Å². The molecule has 0 fully saturated rings. The van der Waals surface area contributed by atoms with E-state index in [1.165, 1.54) is 19.1 Å². The van der Waals surface area contributed by atoms with E-state index in [9.17, 15) is 14.4 Å². The number of amides is 2. The van der Waals surface area contributed by atoms with Crippen molar-refractivity contribution in [3.63, 3.8) is 0 Å². The van der Waals surface area contributed by atoms with Gasteiger partial charge in [-0.05, 0) is 6.42 Å². The van der Waals surface area contributed by atoms with Gasteiger partial charge in [0.15, 0.2) is 0 Å². The van der Waals surface area contributed by atoms with Crippen LogP contribution in [0.15, 0.2) is 12.3 Å². The number of carbonyl (C=O) groups is 3. The van der Waals surface area contributed by atoms with Crippen molar-refractivity contribution < 1.29 is 23.9 Å². The number of nitrogens with one attached hydrogen (secondary N) is 1. The Morgan fingerprint density at radius 1 is 1.33 bits per heavy atom. The Bertz CT molecular complexity index is 600. The average molecular weight is 352 g/mol. The van der Waals surface area contributed by atoms with Crippen LogP contribution in [0.3, 0.4) is 0 Å². The smallest absolute Gasteiger partial charge is 0.408 e. The number of hydrogen-bond donors (Lipinski definition) is 1. The van der Waals surface area contributed by atoms with E-state index in [0.29, 0.717) is 12.8 Å². The highest BCUT2D eigenvalue weighted by atomic mass is 28.3. The molecule has 0 saturated carbocycles. The lowest BCUT2D eigenvalue weighted by molar-refractivity contribution is -0.147. The van der Waals surface area contributed by atoms with Gasteiger partial charge in [-0.15, -0.1) is 5.54 Å². The van der Waals surface area contributed by atoms with Gasteiger partial charge in [-0.2, -0.15) is 0 Å². The quantitative estimate of drug-likeness (QED) is 0.468. The number of methoxy groups -OCH3 is 2. The zero-order valence-electron chi connectivity index (χ0n) is 14.8. The molecular weight excluding hydrogens is 328 g/mol. The first kappa shape index (κ1) is 19.8. The van der Waals surface area contributed by atoms with Crippen LogP contribution in [0.25, 0.3) is 0 Å². The van der Waals surface area contributed by atoms with Crippen molar-refractivity contribution in [2.24, 2.45) is 0 Å². The highest BCUT2D eigenvalue weighted by Gasteiger charge is 2.43. The van der Waals surface area contributed by atoms with Crippen molar-refractivity contribution in [3.05, 3.63) is 12.3 Å². The molecule has 132 valence electrons. The predicted octanol–water partition coefficient (Wildman–Crippen LogP) is 1.27. The fraction of sp³-hybridized carbons (Fsp3) is 0.562. The van der Waals surface area contributed by atoms with Crippen LogP contribution in [0, 0.1) is 11.5 Å². The van der Waals surface area contributed by atoms with Crippen molar-refractivity contribution in [2.45, 2.75) is 38.0 Å². The lowest BCUT2D eigenvalue weighted by Crippen LogP contribution is -2.60. The first-order valence-electron chi connectivity index (χ1n) is 7.58. The van der Waals surface area contributed by atoms with E-state index in [-0.39, 0.29) is 12.5 Å². The summed E-state index contributed by atoms with van der Waals surface area (Å²) in [5, 5.41) is 2.46. The Morgan fingerprint density at radius 2 is 2.00 bits per heavy atom. The molecule has 1 heterocycles. The topological polar surface area (TPSA) is 84.9 Å². The number of nitrogens with zero attached hydrogens (tertiary/aromatic N) is 1. The Labute approximate surface area is 143 Å². The average Bonchev–Trinajstić information content (AvgIpc) is 2.53. The van der Waals surface area contributed by atoms with Crippen molar-refractivity contribution in [1.29, 1.82) is 0 Å². The lowest BCUT2D eigenvalue weighted by atomic mass is 9.99. The summed E-state index contributed by atoms with van der Waals surface area (Å²) in [6.07, 6.45) is 3.59. The summed E-state index contributed by atoms with van der Waals surface area (Å²) in [7, 11) is 0.546. The SMILES string of the molecule is COC(=O)NC(C#C[Si](C)(C)C)(CN1C=CCCC1=O)C(=O)OC. The zero-order valence-corrected chi connectivity index (χ0v) is 15.8. The molecule has 0 radical (unpaired) electrons. The van der Waals surface area contributed by atoms with Crippen LogP contribution in [-0.2, 0) is 19.1 Å². The first-order chi connectivity index (χ1) is 11.1. The maximum absolute atomic E-state index is 12.4. The van der Waals surface area contributed by atoms with Crippen molar-refractivity contribution >= 4 is 26.0 Å². The summed E-state index contributed by atoms with van der Waals surface area (Å²) in [5.74, 6) is 1.96. The number of esters is 1. The molecule has 1 unspecified atom stereocenters. The molecule has 24 heavy (non-hydrogen) atoms. The van der Waals surface area contributed by atoms with Gasteiger partial charge < -0.3 is 14.4 Å². The van der Waals surface area contributed by atoms with Crippen molar-refractivity contribution in [1.82, 2.24) is 10.2 Å². The summed E-state index contributed by atoms with van der Waals surface area (Å²) in [4.78, 5) is 37.7. The Kier molecular flexibility index (Phi) is 6.60. The minimum absolute atomic E-state index is 0.137. The fourth-order valence-corrected chi connectivity index (χ4v) is 2.59. The van der Waals surface area contributed by atoms with Gasteiger partial charge in [0.1, 0.15) is 8.07 Å². The normalized spacial score (nSPS) is 16.5. The second-order valence-electron chi connectivity index (χ2n) is 6.46. The summed E-state index contributed by atoms with van der Waals surface area (Å²) in [6.45, 7) is 5.88. The third kappa shape index (κ3) is 5.42. The van der Waals surface area contributed by atoms with Crippen LogP contribution < -0.4 is 5.32 Å². The monoisotopic (exact) mass is 352 g/mol. The minimum atomic E-state index is -1.85. The van der Waals surface area contributed by atoms with E-state index in [4.69, 9.17) is 4.74 Å². The fourth-order valence-electron chi connectivity index (χ4n) is 2.00. The molecule has 0 aromatic heterocycles. The van der Waals surface area contributed by atoms with Crippen LogP contribution in [0.5, 0.6) is 0 Å². The maximum atomic E-state index is 12.4. The Hall–Kier alpha value is -2.27. The zero-order chi connectivity index (χ0) is 18.4. The van der Waals surface area contributed by atoms with Gasteiger partial charge in [0.05, 0.1) is 20.8 Å². The van der Waals surface area contributed by atoms with Crippen LogP contribution in [0.1, 0.15) is 12.8 Å².